The third-order valence-electron chi connectivity index (χ3n) is 1.80. The van der Waals surface area contributed by atoms with Crippen LogP contribution in [0.2, 0.25) is 10.2 Å². The Hall–Kier alpha value is -1.04. The van der Waals surface area contributed by atoms with Crippen molar-refractivity contribution < 1.29 is 4.74 Å². The van der Waals surface area contributed by atoms with E-state index in [-0.39, 0.29) is 17.0 Å². The molecule has 0 aliphatic rings. The molecule has 1 aromatic carbocycles. The van der Waals surface area contributed by atoms with Crippen molar-refractivity contribution in [3.05, 3.63) is 38.9 Å². The average Bonchev–Trinajstić information content (AvgIpc) is 2.21. The van der Waals surface area contributed by atoms with Gasteiger partial charge in [-0.25, -0.2) is 4.98 Å². The monoisotopic (exact) mass is 333 g/mol. The molecule has 2 aromatic rings. The molecule has 0 bridgehead atoms. The minimum Gasteiger partial charge on any atom is -0.437 e. The smallest absolute Gasteiger partial charge is 0.225 e. The van der Waals surface area contributed by atoms with E-state index < -0.39 is 0 Å². The summed E-state index contributed by atoms with van der Waals surface area (Å²) in [5, 5.41) is 0.661. The third-order valence-corrected chi connectivity index (χ3v) is 2.78. The lowest BCUT2D eigenvalue weighted by Gasteiger charge is -2.07. The van der Waals surface area contributed by atoms with E-state index in [1.165, 1.54) is 6.07 Å². The van der Waals surface area contributed by atoms with E-state index in [0.717, 1.165) is 4.47 Å². The van der Waals surface area contributed by atoms with Gasteiger partial charge in [0.15, 0.2) is 0 Å². The fraction of sp³-hybridized carbons (Fsp3) is 0. The molecule has 88 valence electrons. The number of nitrogen functional groups attached to an aromatic ring is 1. The summed E-state index contributed by atoms with van der Waals surface area (Å²) in [6.45, 7) is 0. The molecule has 1 heterocycles. The van der Waals surface area contributed by atoms with Crippen molar-refractivity contribution in [1.29, 1.82) is 0 Å². The normalized spacial score (nSPS) is 10.3. The van der Waals surface area contributed by atoms with E-state index in [9.17, 15) is 0 Å². The topological polar surface area (TPSA) is 61.0 Å². The molecule has 0 amide bonds. The van der Waals surface area contributed by atoms with Crippen molar-refractivity contribution >= 4 is 45.1 Å². The summed E-state index contributed by atoms with van der Waals surface area (Å²) < 4.78 is 6.31. The lowest BCUT2D eigenvalue weighted by atomic mass is 10.3. The van der Waals surface area contributed by atoms with Crippen LogP contribution in [0.15, 0.2) is 28.7 Å². The van der Waals surface area contributed by atoms with Gasteiger partial charge in [-0.3, -0.25) is 0 Å². The minimum atomic E-state index is 0.0423. The molecule has 7 heteroatoms. The van der Waals surface area contributed by atoms with Gasteiger partial charge in [0.25, 0.3) is 0 Å². The number of benzene rings is 1. The summed E-state index contributed by atoms with van der Waals surface area (Å²) in [5.41, 5.74) is 5.45. The Kier molecular flexibility index (Phi) is 3.71. The van der Waals surface area contributed by atoms with E-state index in [0.29, 0.717) is 10.8 Å². The van der Waals surface area contributed by atoms with Crippen LogP contribution in [0.4, 0.5) is 5.95 Å². The standard InChI is InChI=1S/C10H6BrCl2N3O/c11-5-1-2-7(6(12)3-5)17-9-4-8(13)15-10(14)16-9/h1-4H,(H2,14,15,16). The maximum atomic E-state index is 6.00. The SMILES string of the molecule is Nc1nc(Cl)cc(Oc2ccc(Br)cc2Cl)n1. The molecule has 4 nitrogen and oxygen atoms in total. The Labute approximate surface area is 116 Å². The number of ether oxygens (including phenoxy) is 1. The van der Waals surface area contributed by atoms with Crippen LogP contribution in [0.1, 0.15) is 0 Å². The molecule has 0 fully saturated rings. The summed E-state index contributed by atoms with van der Waals surface area (Å²) in [5.74, 6) is 0.747. The molecular weight excluding hydrogens is 329 g/mol. The van der Waals surface area contributed by atoms with Crippen LogP contribution >= 0.6 is 39.1 Å². The van der Waals surface area contributed by atoms with Gasteiger partial charge in [0.05, 0.1) is 5.02 Å². The first-order valence-corrected chi connectivity index (χ1v) is 6.02. The zero-order chi connectivity index (χ0) is 12.4. The fourth-order valence-electron chi connectivity index (χ4n) is 1.14. The number of hydrogen-bond donors (Lipinski definition) is 1. The predicted molar refractivity (Wildman–Crippen MR) is 70.7 cm³/mol. The minimum absolute atomic E-state index is 0.0423. The van der Waals surface area contributed by atoms with Crippen LogP contribution < -0.4 is 10.5 Å². The second-order valence-electron chi connectivity index (χ2n) is 3.06. The summed E-state index contributed by atoms with van der Waals surface area (Å²) in [4.78, 5) is 7.61. The number of anilines is 1. The maximum absolute atomic E-state index is 6.00. The number of aromatic nitrogens is 2. The third kappa shape index (κ3) is 3.21. The molecular formula is C10H6BrCl2N3O. The van der Waals surface area contributed by atoms with Gasteiger partial charge >= 0.3 is 0 Å². The Morgan fingerprint density at radius 1 is 1.18 bits per heavy atom. The first-order valence-electron chi connectivity index (χ1n) is 4.47. The lowest BCUT2D eigenvalue weighted by Crippen LogP contribution is -1.97. The van der Waals surface area contributed by atoms with Crippen molar-refractivity contribution in [1.82, 2.24) is 9.97 Å². The molecule has 0 atom stereocenters. The number of halogens is 3. The lowest BCUT2D eigenvalue weighted by molar-refractivity contribution is 0.463. The second kappa shape index (κ2) is 5.08. The Morgan fingerprint density at radius 2 is 1.94 bits per heavy atom. The first-order chi connectivity index (χ1) is 8.04. The molecule has 0 spiro atoms. The molecule has 2 rings (SSSR count). The molecule has 0 aliphatic heterocycles. The molecule has 0 saturated carbocycles. The largest absolute Gasteiger partial charge is 0.437 e. The van der Waals surface area contributed by atoms with E-state index in [1.807, 2.05) is 0 Å². The summed E-state index contributed by atoms with van der Waals surface area (Å²) in [6, 6.07) is 6.67. The molecule has 0 aliphatic carbocycles. The molecule has 0 radical (unpaired) electrons. The number of nitrogens with two attached hydrogens (primary N) is 1. The van der Waals surface area contributed by atoms with Gasteiger partial charge in [-0.1, -0.05) is 39.1 Å². The number of nitrogens with zero attached hydrogens (tertiary/aromatic N) is 2. The molecule has 0 unspecified atom stereocenters. The Morgan fingerprint density at radius 3 is 2.59 bits per heavy atom. The quantitative estimate of drug-likeness (QED) is 0.845. The number of rotatable bonds is 2. The van der Waals surface area contributed by atoms with E-state index in [4.69, 9.17) is 33.7 Å². The van der Waals surface area contributed by atoms with Crippen LogP contribution in [0, 0.1) is 0 Å². The van der Waals surface area contributed by atoms with Crippen molar-refractivity contribution in [2.75, 3.05) is 5.73 Å². The van der Waals surface area contributed by atoms with Gasteiger partial charge in [-0.05, 0) is 18.2 Å². The predicted octanol–water partition coefficient (Wildman–Crippen LogP) is 3.92. The van der Waals surface area contributed by atoms with Crippen LogP contribution in [0.3, 0.4) is 0 Å². The van der Waals surface area contributed by atoms with Crippen LogP contribution in [-0.4, -0.2) is 9.97 Å². The molecule has 1 aromatic heterocycles. The van der Waals surface area contributed by atoms with E-state index >= 15 is 0 Å². The van der Waals surface area contributed by atoms with Crippen molar-refractivity contribution in [3.8, 4) is 11.6 Å². The Bertz CT molecular complexity index is 545. The molecule has 0 saturated heterocycles. The number of hydrogen-bond acceptors (Lipinski definition) is 4. The first kappa shape index (κ1) is 12.4. The highest BCUT2D eigenvalue weighted by atomic mass is 79.9. The molecule has 17 heavy (non-hydrogen) atoms. The van der Waals surface area contributed by atoms with Crippen LogP contribution in [-0.2, 0) is 0 Å². The summed E-state index contributed by atoms with van der Waals surface area (Å²) >= 11 is 15.0. The van der Waals surface area contributed by atoms with Crippen LogP contribution in [0.25, 0.3) is 0 Å². The van der Waals surface area contributed by atoms with Gasteiger partial charge < -0.3 is 10.5 Å². The van der Waals surface area contributed by atoms with Gasteiger partial charge in [0, 0.05) is 10.5 Å². The zero-order valence-corrected chi connectivity index (χ0v) is 11.4. The second-order valence-corrected chi connectivity index (χ2v) is 4.77. The van der Waals surface area contributed by atoms with E-state index in [1.54, 1.807) is 18.2 Å². The molecule has 2 N–H and O–H groups in total. The fourth-order valence-corrected chi connectivity index (χ4v) is 2.03. The van der Waals surface area contributed by atoms with Gasteiger partial charge in [-0.15, -0.1) is 0 Å². The summed E-state index contributed by atoms with van der Waals surface area (Å²) in [7, 11) is 0. The van der Waals surface area contributed by atoms with Gasteiger partial charge in [0.1, 0.15) is 10.9 Å². The van der Waals surface area contributed by atoms with E-state index in [2.05, 4.69) is 25.9 Å². The maximum Gasteiger partial charge on any atom is 0.225 e. The van der Waals surface area contributed by atoms with Gasteiger partial charge in [0.2, 0.25) is 11.8 Å². The highest BCUT2D eigenvalue weighted by Crippen LogP contribution is 2.31. The average molecular weight is 335 g/mol. The van der Waals surface area contributed by atoms with Crippen LogP contribution in [0.5, 0.6) is 11.6 Å². The highest BCUT2D eigenvalue weighted by Gasteiger charge is 2.07. The highest BCUT2D eigenvalue weighted by molar-refractivity contribution is 9.10. The van der Waals surface area contributed by atoms with Crippen molar-refractivity contribution in [3.63, 3.8) is 0 Å². The van der Waals surface area contributed by atoms with Crippen molar-refractivity contribution in [2.45, 2.75) is 0 Å². The summed E-state index contributed by atoms with van der Waals surface area (Å²) in [6.07, 6.45) is 0. The zero-order valence-electron chi connectivity index (χ0n) is 8.32. The van der Waals surface area contributed by atoms with Crippen molar-refractivity contribution in [2.24, 2.45) is 0 Å². The Balaban J connectivity index is 2.31. The van der Waals surface area contributed by atoms with Gasteiger partial charge in [-0.2, -0.15) is 4.98 Å².